The minimum absolute atomic E-state index is 0.202. The molecule has 0 aromatic heterocycles. The average molecular weight is 382 g/mol. The van der Waals surface area contributed by atoms with Gasteiger partial charge in [0.05, 0.1) is 11.5 Å². The van der Waals surface area contributed by atoms with E-state index in [1.54, 1.807) is 0 Å². The van der Waals surface area contributed by atoms with Crippen LogP contribution in [0.1, 0.15) is 64.2 Å². The summed E-state index contributed by atoms with van der Waals surface area (Å²) in [4.78, 5) is 4.83. The van der Waals surface area contributed by atoms with Gasteiger partial charge in [-0.05, 0) is 62.2 Å². The lowest BCUT2D eigenvalue weighted by molar-refractivity contribution is 0.351. The Bertz CT molecular complexity index is 613. The normalized spacial score (nSPS) is 37.2. The van der Waals surface area contributed by atoms with Crippen molar-refractivity contribution in [3.63, 3.8) is 0 Å². The molecule has 0 radical (unpaired) electrons. The minimum Gasteiger partial charge on any atom is -0.356 e. The zero-order valence-corrected chi connectivity index (χ0v) is 16.8. The van der Waals surface area contributed by atoms with Gasteiger partial charge in [-0.3, -0.25) is 4.99 Å². The van der Waals surface area contributed by atoms with Gasteiger partial charge in [-0.25, -0.2) is 8.42 Å². The first-order chi connectivity index (χ1) is 12.6. The molecule has 0 spiro atoms. The van der Waals surface area contributed by atoms with E-state index in [2.05, 4.69) is 10.6 Å². The van der Waals surface area contributed by atoms with E-state index in [-0.39, 0.29) is 5.92 Å². The van der Waals surface area contributed by atoms with E-state index < -0.39 is 9.84 Å². The van der Waals surface area contributed by atoms with Crippen LogP contribution < -0.4 is 10.6 Å². The van der Waals surface area contributed by atoms with Gasteiger partial charge in [-0.2, -0.15) is 0 Å². The van der Waals surface area contributed by atoms with Crippen LogP contribution in [0.3, 0.4) is 0 Å². The van der Waals surface area contributed by atoms with Gasteiger partial charge in [0, 0.05) is 19.1 Å². The van der Waals surface area contributed by atoms with E-state index in [0.717, 1.165) is 36.7 Å². The average Bonchev–Trinajstić information content (AvgIpc) is 3.33. The van der Waals surface area contributed by atoms with E-state index in [4.69, 9.17) is 4.99 Å². The lowest BCUT2D eigenvalue weighted by Crippen LogP contribution is -2.47. The minimum atomic E-state index is -2.81. The van der Waals surface area contributed by atoms with Crippen LogP contribution >= 0.6 is 0 Å². The Morgan fingerprint density at radius 2 is 1.81 bits per heavy atom. The molecule has 2 bridgehead atoms. The molecule has 0 amide bonds. The molecule has 4 aliphatic rings. The molecular formula is C20H35N3O2S. The Hall–Kier alpha value is -0.780. The Morgan fingerprint density at radius 3 is 2.46 bits per heavy atom. The standard InChI is InChI=1S/C20H35N3O2S/c24-26(25)9-8-17(14-26)13-22-20(21-12-15-4-2-1-3-5-15)23-19-11-16-6-7-18(19)10-16/h15-19H,1-14H2,(H2,21,22,23). The highest BCUT2D eigenvalue weighted by atomic mass is 32.2. The number of hydrogen-bond acceptors (Lipinski definition) is 3. The summed E-state index contributed by atoms with van der Waals surface area (Å²) in [5, 5.41) is 7.33. The van der Waals surface area contributed by atoms with E-state index in [0.29, 0.717) is 24.1 Å². The third-order valence-electron chi connectivity index (χ3n) is 7.18. The molecule has 0 aromatic rings. The zero-order valence-electron chi connectivity index (χ0n) is 16.0. The lowest BCUT2D eigenvalue weighted by atomic mass is 9.89. The second-order valence-corrected chi connectivity index (χ2v) is 11.5. The molecule has 4 unspecified atom stereocenters. The van der Waals surface area contributed by atoms with Crippen LogP contribution in [0.25, 0.3) is 0 Å². The van der Waals surface area contributed by atoms with Crippen molar-refractivity contribution in [3.05, 3.63) is 0 Å². The van der Waals surface area contributed by atoms with Crippen molar-refractivity contribution in [1.82, 2.24) is 10.6 Å². The van der Waals surface area contributed by atoms with Crippen LogP contribution in [-0.2, 0) is 9.84 Å². The van der Waals surface area contributed by atoms with Gasteiger partial charge >= 0.3 is 0 Å². The van der Waals surface area contributed by atoms with Gasteiger partial charge in [0.25, 0.3) is 0 Å². The third-order valence-corrected chi connectivity index (χ3v) is 9.01. The summed E-state index contributed by atoms with van der Waals surface area (Å²) in [7, 11) is -2.81. The van der Waals surface area contributed by atoms with E-state index in [1.165, 1.54) is 57.8 Å². The predicted octanol–water partition coefficient (Wildman–Crippen LogP) is 2.73. The first-order valence-electron chi connectivity index (χ1n) is 10.8. The highest BCUT2D eigenvalue weighted by molar-refractivity contribution is 7.91. The fourth-order valence-electron chi connectivity index (χ4n) is 5.62. The van der Waals surface area contributed by atoms with Crippen molar-refractivity contribution in [2.75, 3.05) is 24.6 Å². The number of guanidine groups is 1. The largest absolute Gasteiger partial charge is 0.356 e. The summed E-state index contributed by atoms with van der Waals surface area (Å²) in [6.45, 7) is 1.65. The van der Waals surface area contributed by atoms with Crippen LogP contribution in [-0.4, -0.2) is 45.0 Å². The van der Waals surface area contributed by atoms with Crippen LogP contribution in [0, 0.1) is 23.7 Å². The zero-order chi connectivity index (χ0) is 18.0. The van der Waals surface area contributed by atoms with Crippen molar-refractivity contribution in [3.8, 4) is 0 Å². The molecule has 2 N–H and O–H groups in total. The molecule has 3 saturated carbocycles. The van der Waals surface area contributed by atoms with Gasteiger partial charge in [0.1, 0.15) is 0 Å². The molecule has 148 valence electrons. The number of aliphatic imine (C=N–C) groups is 1. The van der Waals surface area contributed by atoms with Crippen LogP contribution in [0.4, 0.5) is 0 Å². The molecule has 0 aromatic carbocycles. The van der Waals surface area contributed by atoms with Gasteiger partial charge in [0.15, 0.2) is 15.8 Å². The summed E-state index contributed by atoms with van der Waals surface area (Å²) in [6, 6.07) is 0.568. The smallest absolute Gasteiger partial charge is 0.191 e. The van der Waals surface area contributed by atoms with E-state index in [1.807, 2.05) is 0 Å². The molecule has 26 heavy (non-hydrogen) atoms. The summed E-state index contributed by atoms with van der Waals surface area (Å²) in [6.07, 6.45) is 13.0. The van der Waals surface area contributed by atoms with Crippen molar-refractivity contribution >= 4 is 15.8 Å². The quantitative estimate of drug-likeness (QED) is 0.567. The number of hydrogen-bond donors (Lipinski definition) is 2. The van der Waals surface area contributed by atoms with Crippen molar-refractivity contribution in [2.45, 2.75) is 70.3 Å². The molecule has 4 fully saturated rings. The van der Waals surface area contributed by atoms with Gasteiger partial charge < -0.3 is 10.6 Å². The summed E-state index contributed by atoms with van der Waals surface area (Å²) in [5.74, 6) is 4.30. The third kappa shape index (κ3) is 4.73. The van der Waals surface area contributed by atoms with Crippen molar-refractivity contribution in [2.24, 2.45) is 28.7 Å². The van der Waals surface area contributed by atoms with E-state index in [9.17, 15) is 8.42 Å². The topological polar surface area (TPSA) is 70.6 Å². The number of nitrogens with zero attached hydrogens (tertiary/aromatic N) is 1. The van der Waals surface area contributed by atoms with Crippen LogP contribution in [0.5, 0.6) is 0 Å². The molecule has 4 rings (SSSR count). The number of sulfone groups is 1. The first kappa shape index (κ1) is 18.6. The van der Waals surface area contributed by atoms with E-state index >= 15 is 0 Å². The monoisotopic (exact) mass is 381 g/mol. The Morgan fingerprint density at radius 1 is 0.962 bits per heavy atom. The molecule has 3 aliphatic carbocycles. The predicted molar refractivity (Wildman–Crippen MR) is 106 cm³/mol. The van der Waals surface area contributed by atoms with Gasteiger partial charge in [0.2, 0.25) is 0 Å². The van der Waals surface area contributed by atoms with Crippen LogP contribution in [0.15, 0.2) is 4.99 Å². The fourth-order valence-corrected chi connectivity index (χ4v) is 7.47. The SMILES string of the molecule is O=S1(=O)CCC(CN=C(NCC2CCCCC2)NC2CC3CCC2C3)C1. The number of rotatable bonds is 5. The summed E-state index contributed by atoms with van der Waals surface area (Å²) < 4.78 is 23.4. The Balaban J connectivity index is 1.34. The fraction of sp³-hybridized carbons (Fsp3) is 0.950. The Kier molecular flexibility index (Phi) is 5.77. The lowest BCUT2D eigenvalue weighted by Gasteiger charge is -2.27. The highest BCUT2D eigenvalue weighted by Gasteiger charge is 2.40. The first-order valence-corrected chi connectivity index (χ1v) is 12.6. The number of nitrogens with one attached hydrogen (secondary N) is 2. The molecular weight excluding hydrogens is 346 g/mol. The maximum atomic E-state index is 11.7. The molecule has 1 saturated heterocycles. The van der Waals surface area contributed by atoms with Crippen molar-refractivity contribution in [1.29, 1.82) is 0 Å². The highest BCUT2D eigenvalue weighted by Crippen LogP contribution is 2.44. The molecule has 5 nitrogen and oxygen atoms in total. The summed E-state index contributed by atoms with van der Waals surface area (Å²) >= 11 is 0. The maximum Gasteiger partial charge on any atom is 0.191 e. The number of fused-ring (bicyclic) bond motifs is 2. The summed E-state index contributed by atoms with van der Waals surface area (Å²) in [5.41, 5.74) is 0. The Labute approximate surface area is 158 Å². The van der Waals surface area contributed by atoms with Crippen LogP contribution in [0.2, 0.25) is 0 Å². The second kappa shape index (κ2) is 8.07. The molecule has 6 heteroatoms. The second-order valence-electron chi connectivity index (χ2n) is 9.27. The molecule has 1 aliphatic heterocycles. The maximum absolute atomic E-state index is 11.7. The van der Waals surface area contributed by atoms with Gasteiger partial charge in [-0.1, -0.05) is 25.7 Å². The van der Waals surface area contributed by atoms with Crippen molar-refractivity contribution < 1.29 is 8.42 Å². The molecule has 1 heterocycles. The van der Waals surface area contributed by atoms with Gasteiger partial charge in [-0.15, -0.1) is 0 Å². The molecule has 4 atom stereocenters.